The van der Waals surface area contributed by atoms with Crippen LogP contribution < -0.4 is 0 Å². The fourth-order valence-electron chi connectivity index (χ4n) is 2.89. The smallest absolute Gasteiger partial charge is 0.257 e. The van der Waals surface area contributed by atoms with Crippen molar-refractivity contribution in [3.8, 4) is 11.3 Å². The number of hydrogen-bond acceptors (Lipinski definition) is 3. The van der Waals surface area contributed by atoms with E-state index in [-0.39, 0.29) is 18.4 Å². The minimum absolute atomic E-state index is 0.0678. The highest BCUT2D eigenvalue weighted by molar-refractivity contribution is 6.33. The third kappa shape index (κ3) is 2.87. The molecule has 0 radical (unpaired) electrons. The minimum atomic E-state index is -0.0678. The van der Waals surface area contributed by atoms with Crippen molar-refractivity contribution in [3.05, 3.63) is 41.0 Å². The van der Waals surface area contributed by atoms with Crippen LogP contribution in [0, 0.1) is 5.92 Å². The number of likely N-dealkylation sites (tertiary alicyclic amines) is 1. The van der Waals surface area contributed by atoms with Gasteiger partial charge in [0.1, 0.15) is 0 Å². The van der Waals surface area contributed by atoms with E-state index in [4.69, 9.17) is 11.6 Å². The Hall–Kier alpha value is -1.85. The highest BCUT2D eigenvalue weighted by Crippen LogP contribution is 2.29. The molecule has 1 aliphatic heterocycles. The fraction of sp³-hybridized carbons (Fsp3) is 0.375. The summed E-state index contributed by atoms with van der Waals surface area (Å²) in [6.45, 7) is 1.41. The number of piperidine rings is 1. The van der Waals surface area contributed by atoms with Crippen molar-refractivity contribution in [2.45, 2.75) is 12.8 Å². The largest absolute Gasteiger partial charge is 0.396 e. The first-order chi connectivity index (χ1) is 10.7. The SMILES string of the molecule is O=C(c1cn[nH]c1-c1ccccc1Cl)N1CCCC(CO)C1. The van der Waals surface area contributed by atoms with Crippen molar-refractivity contribution in [1.82, 2.24) is 15.1 Å². The molecule has 5 nitrogen and oxygen atoms in total. The van der Waals surface area contributed by atoms with E-state index in [1.54, 1.807) is 17.2 Å². The number of carbonyl (C=O) groups is 1. The molecule has 1 aliphatic rings. The van der Waals surface area contributed by atoms with Gasteiger partial charge < -0.3 is 10.0 Å². The van der Waals surface area contributed by atoms with Crippen LogP contribution in [-0.2, 0) is 0 Å². The fourth-order valence-corrected chi connectivity index (χ4v) is 3.12. The third-order valence-corrected chi connectivity index (χ3v) is 4.41. The number of aliphatic hydroxyl groups is 1. The summed E-state index contributed by atoms with van der Waals surface area (Å²) in [5.41, 5.74) is 1.93. The lowest BCUT2D eigenvalue weighted by molar-refractivity contribution is 0.0621. The van der Waals surface area contributed by atoms with Gasteiger partial charge in [0, 0.05) is 30.3 Å². The molecular weight excluding hydrogens is 302 g/mol. The van der Waals surface area contributed by atoms with E-state index in [0.717, 1.165) is 18.4 Å². The van der Waals surface area contributed by atoms with E-state index < -0.39 is 0 Å². The molecule has 2 N–H and O–H groups in total. The zero-order valence-corrected chi connectivity index (χ0v) is 12.9. The van der Waals surface area contributed by atoms with Crippen LogP contribution >= 0.6 is 11.6 Å². The summed E-state index contributed by atoms with van der Waals surface area (Å²) in [4.78, 5) is 14.6. The van der Waals surface area contributed by atoms with E-state index in [1.807, 2.05) is 18.2 Å². The van der Waals surface area contributed by atoms with Gasteiger partial charge in [-0.15, -0.1) is 0 Å². The number of aromatic nitrogens is 2. The van der Waals surface area contributed by atoms with Crippen LogP contribution in [0.4, 0.5) is 0 Å². The first kappa shape index (κ1) is 15.1. The molecule has 3 rings (SSSR count). The van der Waals surface area contributed by atoms with E-state index in [1.165, 1.54) is 0 Å². The number of carbonyl (C=O) groups excluding carboxylic acids is 1. The molecule has 1 amide bonds. The summed E-state index contributed by atoms with van der Waals surface area (Å²) >= 11 is 6.22. The second-order valence-electron chi connectivity index (χ2n) is 5.58. The topological polar surface area (TPSA) is 69.2 Å². The van der Waals surface area contributed by atoms with Gasteiger partial charge >= 0.3 is 0 Å². The number of nitrogens with zero attached hydrogens (tertiary/aromatic N) is 2. The Kier molecular flexibility index (Phi) is 4.45. The third-order valence-electron chi connectivity index (χ3n) is 4.08. The Bertz CT molecular complexity index is 671. The predicted molar refractivity (Wildman–Crippen MR) is 84.7 cm³/mol. The maximum absolute atomic E-state index is 12.8. The molecule has 6 heteroatoms. The molecule has 1 fully saturated rings. The van der Waals surface area contributed by atoms with Gasteiger partial charge in [-0.1, -0.05) is 29.8 Å². The average molecular weight is 320 g/mol. The molecule has 0 bridgehead atoms. The quantitative estimate of drug-likeness (QED) is 0.913. The first-order valence-electron chi connectivity index (χ1n) is 7.39. The Balaban J connectivity index is 1.89. The standard InChI is InChI=1S/C16H18ClN3O2/c17-14-6-2-1-5-12(14)15-13(8-18-19-15)16(22)20-7-3-4-11(9-20)10-21/h1-2,5-6,8,11,21H,3-4,7,9-10H2,(H,18,19). The van der Waals surface area contributed by atoms with Crippen molar-refractivity contribution in [2.24, 2.45) is 5.92 Å². The number of aromatic amines is 1. The number of amides is 1. The average Bonchev–Trinajstić information content (AvgIpc) is 3.04. The molecular formula is C16H18ClN3O2. The molecule has 2 heterocycles. The molecule has 1 saturated heterocycles. The zero-order chi connectivity index (χ0) is 15.5. The van der Waals surface area contributed by atoms with Gasteiger partial charge in [0.15, 0.2) is 0 Å². The Morgan fingerprint density at radius 1 is 1.45 bits per heavy atom. The number of hydrogen-bond donors (Lipinski definition) is 2. The molecule has 0 spiro atoms. The second kappa shape index (κ2) is 6.50. The van der Waals surface area contributed by atoms with E-state index >= 15 is 0 Å². The van der Waals surface area contributed by atoms with Gasteiger partial charge in [-0.05, 0) is 24.8 Å². The van der Waals surface area contributed by atoms with Crippen LogP contribution in [0.15, 0.2) is 30.5 Å². The highest BCUT2D eigenvalue weighted by Gasteiger charge is 2.27. The van der Waals surface area contributed by atoms with Crippen molar-refractivity contribution in [2.75, 3.05) is 19.7 Å². The number of rotatable bonds is 3. The van der Waals surface area contributed by atoms with Crippen LogP contribution in [-0.4, -0.2) is 45.8 Å². The number of halogens is 1. The summed E-state index contributed by atoms with van der Waals surface area (Å²) in [5, 5.41) is 16.8. The normalized spacial score (nSPS) is 18.5. The zero-order valence-electron chi connectivity index (χ0n) is 12.1. The van der Waals surface area contributed by atoms with Gasteiger partial charge in [-0.2, -0.15) is 5.10 Å². The maximum Gasteiger partial charge on any atom is 0.257 e. The highest BCUT2D eigenvalue weighted by atomic mass is 35.5. The molecule has 1 aromatic heterocycles. The summed E-state index contributed by atoms with van der Waals surface area (Å²) < 4.78 is 0. The number of H-pyrrole nitrogens is 1. The van der Waals surface area contributed by atoms with Gasteiger partial charge in [0.05, 0.1) is 17.5 Å². The number of nitrogens with one attached hydrogen (secondary N) is 1. The van der Waals surface area contributed by atoms with E-state index in [9.17, 15) is 9.90 Å². The number of benzene rings is 1. The van der Waals surface area contributed by atoms with Crippen molar-refractivity contribution in [1.29, 1.82) is 0 Å². The molecule has 1 atom stereocenters. The van der Waals surface area contributed by atoms with E-state index in [2.05, 4.69) is 10.2 Å². The van der Waals surface area contributed by atoms with E-state index in [0.29, 0.717) is 29.4 Å². The maximum atomic E-state index is 12.8. The summed E-state index contributed by atoms with van der Waals surface area (Å²) in [6, 6.07) is 7.37. The lowest BCUT2D eigenvalue weighted by atomic mass is 9.98. The summed E-state index contributed by atoms with van der Waals surface area (Å²) in [6.07, 6.45) is 3.42. The molecule has 1 unspecified atom stereocenters. The Morgan fingerprint density at radius 2 is 2.27 bits per heavy atom. The predicted octanol–water partition coefficient (Wildman–Crippen LogP) is 2.57. The lowest BCUT2D eigenvalue weighted by Gasteiger charge is -2.31. The molecule has 22 heavy (non-hydrogen) atoms. The molecule has 2 aromatic rings. The summed E-state index contributed by atoms with van der Waals surface area (Å²) in [7, 11) is 0. The van der Waals surface area contributed by atoms with Gasteiger partial charge in [-0.3, -0.25) is 9.89 Å². The van der Waals surface area contributed by atoms with Gasteiger partial charge in [0.25, 0.3) is 5.91 Å². The summed E-state index contributed by atoms with van der Waals surface area (Å²) in [5.74, 6) is 0.0928. The molecule has 0 aliphatic carbocycles. The van der Waals surface area contributed by atoms with Crippen LogP contribution in [0.5, 0.6) is 0 Å². The molecule has 0 saturated carbocycles. The first-order valence-corrected chi connectivity index (χ1v) is 7.77. The van der Waals surface area contributed by atoms with Crippen LogP contribution in [0.3, 0.4) is 0 Å². The van der Waals surface area contributed by atoms with Gasteiger partial charge in [0.2, 0.25) is 0 Å². The van der Waals surface area contributed by atoms with Gasteiger partial charge in [-0.25, -0.2) is 0 Å². The van der Waals surface area contributed by atoms with Crippen LogP contribution in [0.2, 0.25) is 5.02 Å². The van der Waals surface area contributed by atoms with Crippen molar-refractivity contribution in [3.63, 3.8) is 0 Å². The van der Waals surface area contributed by atoms with Crippen LogP contribution in [0.1, 0.15) is 23.2 Å². The molecule has 116 valence electrons. The minimum Gasteiger partial charge on any atom is -0.396 e. The van der Waals surface area contributed by atoms with Crippen LogP contribution in [0.25, 0.3) is 11.3 Å². The lowest BCUT2D eigenvalue weighted by Crippen LogP contribution is -2.41. The second-order valence-corrected chi connectivity index (χ2v) is 5.99. The Morgan fingerprint density at radius 3 is 3.05 bits per heavy atom. The monoisotopic (exact) mass is 319 g/mol. The Labute approximate surface area is 133 Å². The van der Waals surface area contributed by atoms with Crippen molar-refractivity contribution < 1.29 is 9.90 Å². The van der Waals surface area contributed by atoms with Crippen molar-refractivity contribution >= 4 is 17.5 Å². The molecule has 1 aromatic carbocycles. The number of aliphatic hydroxyl groups excluding tert-OH is 1.